The van der Waals surface area contributed by atoms with E-state index in [2.05, 4.69) is 146 Å². The number of rotatable bonds is 2. The summed E-state index contributed by atoms with van der Waals surface area (Å²) in [5, 5.41) is 12.8. The van der Waals surface area contributed by atoms with Crippen molar-refractivity contribution in [2.24, 2.45) is 0 Å². The minimum atomic E-state index is 1.25. The van der Waals surface area contributed by atoms with Gasteiger partial charge in [-0.25, -0.2) is 0 Å². The van der Waals surface area contributed by atoms with Gasteiger partial charge in [0, 0.05) is 0 Å². The lowest BCUT2D eigenvalue weighted by Crippen LogP contribution is -1.85. The molecule has 0 radical (unpaired) electrons. The van der Waals surface area contributed by atoms with Crippen LogP contribution in [0, 0.1) is 0 Å². The number of fused-ring (bicyclic) bond motifs is 7. The molecule has 8 rings (SSSR count). The van der Waals surface area contributed by atoms with Crippen LogP contribution in [0.25, 0.3) is 76.1 Å². The van der Waals surface area contributed by atoms with Crippen molar-refractivity contribution in [3.63, 3.8) is 0 Å². The van der Waals surface area contributed by atoms with Crippen molar-refractivity contribution in [3.8, 4) is 22.3 Å². The second-order valence-electron chi connectivity index (χ2n) is 10.2. The van der Waals surface area contributed by atoms with Gasteiger partial charge in [-0.2, -0.15) is 0 Å². The third kappa shape index (κ3) is 3.38. The summed E-state index contributed by atoms with van der Waals surface area (Å²) in [6.45, 7) is 0. The van der Waals surface area contributed by atoms with Crippen molar-refractivity contribution >= 4 is 53.9 Å². The second kappa shape index (κ2) is 8.30. The molecule has 0 spiro atoms. The van der Waals surface area contributed by atoms with Crippen molar-refractivity contribution in [3.05, 3.63) is 146 Å². The molecule has 0 aliphatic carbocycles. The molecule has 0 aromatic heterocycles. The molecular formula is C38H24. The molecule has 0 bridgehead atoms. The zero-order valence-electron chi connectivity index (χ0n) is 20.9. The van der Waals surface area contributed by atoms with E-state index < -0.39 is 0 Å². The van der Waals surface area contributed by atoms with Gasteiger partial charge in [0.1, 0.15) is 0 Å². The van der Waals surface area contributed by atoms with Gasteiger partial charge < -0.3 is 0 Å². The highest BCUT2D eigenvalue weighted by molar-refractivity contribution is 6.18. The van der Waals surface area contributed by atoms with Crippen LogP contribution in [0.4, 0.5) is 0 Å². The normalized spacial score (nSPS) is 11.7. The molecule has 0 saturated heterocycles. The van der Waals surface area contributed by atoms with Crippen molar-refractivity contribution in [1.82, 2.24) is 0 Å². The summed E-state index contributed by atoms with van der Waals surface area (Å²) in [5.41, 5.74) is 5.01. The van der Waals surface area contributed by atoms with Crippen LogP contribution in [0.2, 0.25) is 0 Å². The Labute approximate surface area is 221 Å². The number of benzene rings is 8. The Hall–Kier alpha value is -4.94. The Morgan fingerprint density at radius 3 is 1.00 bits per heavy atom. The van der Waals surface area contributed by atoms with Crippen molar-refractivity contribution in [2.45, 2.75) is 0 Å². The average molecular weight is 481 g/mol. The summed E-state index contributed by atoms with van der Waals surface area (Å²) in [4.78, 5) is 0. The molecule has 0 unspecified atom stereocenters. The fraction of sp³-hybridized carbons (Fsp3) is 0. The molecule has 0 heteroatoms. The summed E-state index contributed by atoms with van der Waals surface area (Å²) < 4.78 is 0. The largest absolute Gasteiger partial charge is 0.0616 e. The van der Waals surface area contributed by atoms with E-state index in [0.717, 1.165) is 0 Å². The van der Waals surface area contributed by atoms with Crippen molar-refractivity contribution < 1.29 is 0 Å². The lowest BCUT2D eigenvalue weighted by molar-refractivity contribution is 1.67. The molecule has 0 heterocycles. The molecule has 0 aliphatic rings. The van der Waals surface area contributed by atoms with Gasteiger partial charge >= 0.3 is 0 Å². The van der Waals surface area contributed by atoms with E-state index >= 15 is 0 Å². The predicted octanol–water partition coefficient (Wildman–Crippen LogP) is 10.8. The SMILES string of the molecule is c1ccc2cc(-c3ccc4ccc5c6cc(-c7ccc8ccccc8c7)ccc6ccc5c4c3)ccc2c1. The smallest absolute Gasteiger partial charge is 0.00987 e. The van der Waals surface area contributed by atoms with Crippen molar-refractivity contribution in [1.29, 1.82) is 0 Å². The van der Waals surface area contributed by atoms with Crippen LogP contribution in [0.15, 0.2) is 146 Å². The number of hydrogen-bond donors (Lipinski definition) is 0. The first-order valence-electron chi connectivity index (χ1n) is 13.2. The standard InChI is InChI=1S/C38H24/c1-3-7-29-21-31(13-9-25(29)5-1)33-15-11-27-17-20-36-35(37(27)23-33)19-18-28-12-16-34(24-38(28)36)32-14-10-26-6-2-4-8-30(26)22-32/h1-24H. The Bertz CT molecular complexity index is 2020. The minimum Gasteiger partial charge on any atom is -0.0616 e. The highest BCUT2D eigenvalue weighted by atomic mass is 14.1. The van der Waals surface area contributed by atoms with E-state index in [9.17, 15) is 0 Å². The average Bonchev–Trinajstić information content (AvgIpc) is 2.99. The van der Waals surface area contributed by atoms with Crippen LogP contribution in [-0.2, 0) is 0 Å². The zero-order valence-corrected chi connectivity index (χ0v) is 20.9. The van der Waals surface area contributed by atoms with E-state index in [0.29, 0.717) is 0 Å². The lowest BCUT2D eigenvalue weighted by Gasteiger charge is -2.12. The fourth-order valence-electron chi connectivity index (χ4n) is 5.96. The van der Waals surface area contributed by atoms with E-state index in [1.54, 1.807) is 0 Å². The van der Waals surface area contributed by atoms with Crippen LogP contribution in [0.5, 0.6) is 0 Å². The first-order chi connectivity index (χ1) is 18.8. The molecule has 176 valence electrons. The quantitative estimate of drug-likeness (QED) is 0.216. The summed E-state index contributed by atoms with van der Waals surface area (Å²) in [6.07, 6.45) is 0. The monoisotopic (exact) mass is 480 g/mol. The third-order valence-corrected chi connectivity index (χ3v) is 8.00. The van der Waals surface area contributed by atoms with Crippen molar-refractivity contribution in [2.75, 3.05) is 0 Å². The topological polar surface area (TPSA) is 0 Å². The fourth-order valence-corrected chi connectivity index (χ4v) is 5.96. The Morgan fingerprint density at radius 2 is 0.553 bits per heavy atom. The zero-order chi connectivity index (χ0) is 25.1. The molecule has 0 saturated carbocycles. The van der Waals surface area contributed by atoms with Crippen LogP contribution in [-0.4, -0.2) is 0 Å². The van der Waals surface area contributed by atoms with Gasteiger partial charge in [-0.05, 0) is 100 Å². The van der Waals surface area contributed by atoms with Crippen LogP contribution >= 0.6 is 0 Å². The maximum atomic E-state index is 2.36. The van der Waals surface area contributed by atoms with Gasteiger partial charge in [0.25, 0.3) is 0 Å². The molecule has 38 heavy (non-hydrogen) atoms. The molecule has 0 N–H and O–H groups in total. The van der Waals surface area contributed by atoms with Crippen LogP contribution in [0.3, 0.4) is 0 Å². The van der Waals surface area contributed by atoms with Crippen LogP contribution in [0.1, 0.15) is 0 Å². The second-order valence-corrected chi connectivity index (χ2v) is 10.2. The molecule has 0 fully saturated rings. The van der Waals surface area contributed by atoms with E-state index in [-0.39, 0.29) is 0 Å². The van der Waals surface area contributed by atoms with Gasteiger partial charge in [-0.3, -0.25) is 0 Å². The van der Waals surface area contributed by atoms with E-state index in [1.165, 1.54) is 76.1 Å². The summed E-state index contributed by atoms with van der Waals surface area (Å²) in [7, 11) is 0. The molecule has 8 aromatic carbocycles. The first kappa shape index (κ1) is 21.2. The van der Waals surface area contributed by atoms with Gasteiger partial charge in [-0.1, -0.05) is 121 Å². The molecular weight excluding hydrogens is 456 g/mol. The maximum Gasteiger partial charge on any atom is -0.00987 e. The van der Waals surface area contributed by atoms with Gasteiger partial charge in [0.15, 0.2) is 0 Å². The van der Waals surface area contributed by atoms with Gasteiger partial charge in [0.2, 0.25) is 0 Å². The Kier molecular flexibility index (Phi) is 4.62. The van der Waals surface area contributed by atoms with Crippen LogP contribution < -0.4 is 0 Å². The first-order valence-corrected chi connectivity index (χ1v) is 13.2. The maximum absolute atomic E-state index is 2.36. The summed E-state index contributed by atoms with van der Waals surface area (Å²) >= 11 is 0. The number of hydrogen-bond acceptors (Lipinski definition) is 0. The third-order valence-electron chi connectivity index (χ3n) is 8.00. The highest BCUT2D eigenvalue weighted by Gasteiger charge is 2.09. The van der Waals surface area contributed by atoms with Gasteiger partial charge in [-0.15, -0.1) is 0 Å². The summed E-state index contributed by atoms with van der Waals surface area (Å²) in [6, 6.07) is 53.5. The summed E-state index contributed by atoms with van der Waals surface area (Å²) in [5.74, 6) is 0. The molecule has 0 aliphatic heterocycles. The molecule has 0 nitrogen and oxygen atoms in total. The minimum absolute atomic E-state index is 1.25. The van der Waals surface area contributed by atoms with E-state index in [4.69, 9.17) is 0 Å². The molecule has 0 atom stereocenters. The molecule has 0 amide bonds. The Balaban J connectivity index is 1.31. The predicted molar refractivity (Wildman–Crippen MR) is 165 cm³/mol. The highest BCUT2D eigenvalue weighted by Crippen LogP contribution is 2.36. The van der Waals surface area contributed by atoms with Gasteiger partial charge in [0.05, 0.1) is 0 Å². The Morgan fingerprint density at radius 1 is 0.211 bits per heavy atom. The molecule has 8 aromatic rings. The lowest BCUT2D eigenvalue weighted by atomic mass is 9.92. The van der Waals surface area contributed by atoms with E-state index in [1.807, 2.05) is 0 Å².